The second-order valence-corrected chi connectivity index (χ2v) is 5.16. The molecule has 0 spiro atoms. The van der Waals surface area contributed by atoms with Gasteiger partial charge in [0, 0.05) is 12.3 Å². The van der Waals surface area contributed by atoms with E-state index in [4.69, 9.17) is 4.74 Å². The number of benzene rings is 1. The van der Waals surface area contributed by atoms with Crippen molar-refractivity contribution in [2.75, 3.05) is 11.9 Å². The molecule has 0 fully saturated rings. The van der Waals surface area contributed by atoms with Crippen LogP contribution in [0.2, 0.25) is 0 Å². The number of ether oxygens (including phenoxy) is 1. The lowest BCUT2D eigenvalue weighted by atomic mass is 10.2. The SMILES string of the molecule is CCCCOC(C)C(=O)Nc1ccc(F)c(-n2nnnc2C)c1. The number of unbranched alkanes of at least 4 members (excludes halogenated alkanes) is 1. The van der Waals surface area contributed by atoms with E-state index in [1.54, 1.807) is 13.8 Å². The van der Waals surface area contributed by atoms with Crippen LogP contribution in [-0.2, 0) is 9.53 Å². The standard InChI is InChI=1S/C15H20FN5O2/c1-4-5-8-23-10(2)15(22)17-12-6-7-13(16)14(9-12)21-11(3)18-19-20-21/h6-7,9-10H,4-5,8H2,1-3H3,(H,17,22). The zero-order valence-electron chi connectivity index (χ0n) is 13.4. The van der Waals surface area contributed by atoms with Crippen molar-refractivity contribution in [1.82, 2.24) is 20.2 Å². The van der Waals surface area contributed by atoms with Gasteiger partial charge in [-0.3, -0.25) is 4.79 Å². The highest BCUT2D eigenvalue weighted by atomic mass is 19.1. The molecule has 0 bridgehead atoms. The zero-order chi connectivity index (χ0) is 16.8. The first-order valence-electron chi connectivity index (χ1n) is 7.50. The summed E-state index contributed by atoms with van der Waals surface area (Å²) in [7, 11) is 0. The minimum absolute atomic E-state index is 0.171. The maximum Gasteiger partial charge on any atom is 0.253 e. The fourth-order valence-corrected chi connectivity index (χ4v) is 1.93. The Morgan fingerprint density at radius 1 is 1.48 bits per heavy atom. The molecule has 0 aliphatic carbocycles. The first kappa shape index (κ1) is 17.0. The molecule has 8 heteroatoms. The lowest BCUT2D eigenvalue weighted by Crippen LogP contribution is -2.28. The van der Waals surface area contributed by atoms with E-state index < -0.39 is 11.9 Å². The molecule has 0 aliphatic rings. The predicted molar refractivity (Wildman–Crippen MR) is 82.8 cm³/mol. The Balaban J connectivity index is 2.09. The summed E-state index contributed by atoms with van der Waals surface area (Å²) in [6, 6.07) is 4.22. The van der Waals surface area contributed by atoms with E-state index in [2.05, 4.69) is 27.8 Å². The minimum atomic E-state index is -0.579. The van der Waals surface area contributed by atoms with Gasteiger partial charge in [0.05, 0.1) is 0 Å². The molecule has 1 atom stereocenters. The van der Waals surface area contributed by atoms with Crippen LogP contribution in [0.3, 0.4) is 0 Å². The summed E-state index contributed by atoms with van der Waals surface area (Å²) in [5.41, 5.74) is 0.622. The number of rotatable bonds is 7. The second-order valence-electron chi connectivity index (χ2n) is 5.16. The van der Waals surface area contributed by atoms with Gasteiger partial charge >= 0.3 is 0 Å². The molecule has 0 aliphatic heterocycles. The first-order chi connectivity index (χ1) is 11.0. The van der Waals surface area contributed by atoms with Crippen LogP contribution < -0.4 is 5.32 Å². The molecule has 124 valence electrons. The van der Waals surface area contributed by atoms with E-state index in [1.807, 2.05) is 0 Å². The quantitative estimate of drug-likeness (QED) is 0.791. The molecule has 1 aromatic heterocycles. The number of carbonyl (C=O) groups excluding carboxylic acids is 1. The number of anilines is 1. The van der Waals surface area contributed by atoms with Gasteiger partial charge in [0.25, 0.3) is 5.91 Å². The van der Waals surface area contributed by atoms with Gasteiger partial charge in [-0.25, -0.2) is 4.39 Å². The third-order valence-corrected chi connectivity index (χ3v) is 3.30. The van der Waals surface area contributed by atoms with Crippen LogP contribution in [0.15, 0.2) is 18.2 Å². The summed E-state index contributed by atoms with van der Waals surface area (Å²) >= 11 is 0. The fourth-order valence-electron chi connectivity index (χ4n) is 1.93. The summed E-state index contributed by atoms with van der Waals surface area (Å²) in [4.78, 5) is 12.1. The molecule has 7 nitrogen and oxygen atoms in total. The molecule has 0 radical (unpaired) electrons. The molecule has 2 rings (SSSR count). The van der Waals surface area contributed by atoms with Gasteiger partial charge < -0.3 is 10.1 Å². The van der Waals surface area contributed by atoms with Gasteiger partial charge in [0.2, 0.25) is 0 Å². The number of amides is 1. The number of hydrogen-bond donors (Lipinski definition) is 1. The number of tetrazole rings is 1. The van der Waals surface area contributed by atoms with Crippen molar-refractivity contribution in [3.63, 3.8) is 0 Å². The summed E-state index contributed by atoms with van der Waals surface area (Å²) in [5, 5.41) is 13.6. The average molecular weight is 321 g/mol. The molecular weight excluding hydrogens is 301 g/mol. The van der Waals surface area contributed by atoms with Crippen LogP contribution in [-0.4, -0.2) is 38.8 Å². The van der Waals surface area contributed by atoms with E-state index in [9.17, 15) is 9.18 Å². The number of carbonyl (C=O) groups is 1. The maximum absolute atomic E-state index is 14.0. The van der Waals surface area contributed by atoms with Crippen molar-refractivity contribution in [3.8, 4) is 5.69 Å². The number of aromatic nitrogens is 4. The smallest absolute Gasteiger partial charge is 0.253 e. The lowest BCUT2D eigenvalue weighted by molar-refractivity contribution is -0.126. The summed E-state index contributed by atoms with van der Waals surface area (Å²) < 4.78 is 20.7. The second kappa shape index (κ2) is 7.77. The summed E-state index contributed by atoms with van der Waals surface area (Å²) in [6.45, 7) is 5.92. The number of aryl methyl sites for hydroxylation is 1. The van der Waals surface area contributed by atoms with Crippen LogP contribution in [0.1, 0.15) is 32.5 Å². The molecule has 1 aromatic carbocycles. The van der Waals surface area contributed by atoms with Crippen LogP contribution in [0.5, 0.6) is 0 Å². The molecule has 0 saturated heterocycles. The number of nitrogens with one attached hydrogen (secondary N) is 1. The highest BCUT2D eigenvalue weighted by Crippen LogP contribution is 2.19. The van der Waals surface area contributed by atoms with Crippen LogP contribution >= 0.6 is 0 Å². The first-order valence-corrected chi connectivity index (χ1v) is 7.50. The number of hydrogen-bond acceptors (Lipinski definition) is 5. The lowest BCUT2D eigenvalue weighted by Gasteiger charge is -2.14. The highest BCUT2D eigenvalue weighted by molar-refractivity contribution is 5.94. The Labute approximate surface area is 133 Å². The van der Waals surface area contributed by atoms with E-state index >= 15 is 0 Å². The molecule has 2 aromatic rings. The van der Waals surface area contributed by atoms with Gasteiger partial charge in [0.15, 0.2) is 5.82 Å². The minimum Gasteiger partial charge on any atom is -0.369 e. The predicted octanol–water partition coefficient (Wildman–Crippen LogP) is 2.25. The summed E-state index contributed by atoms with van der Waals surface area (Å²) in [5.74, 6) is -0.318. The van der Waals surface area contributed by atoms with Gasteiger partial charge in [0.1, 0.15) is 17.6 Å². The normalized spacial score (nSPS) is 12.2. The Bertz CT molecular complexity index is 674. The average Bonchev–Trinajstić information content (AvgIpc) is 2.95. The molecule has 1 unspecified atom stereocenters. The van der Waals surface area contributed by atoms with Crippen molar-refractivity contribution < 1.29 is 13.9 Å². The molecule has 23 heavy (non-hydrogen) atoms. The molecule has 1 N–H and O–H groups in total. The number of nitrogens with zero attached hydrogens (tertiary/aromatic N) is 4. The van der Waals surface area contributed by atoms with Crippen molar-refractivity contribution >= 4 is 11.6 Å². The van der Waals surface area contributed by atoms with E-state index in [-0.39, 0.29) is 11.6 Å². The Morgan fingerprint density at radius 3 is 2.91 bits per heavy atom. The monoisotopic (exact) mass is 321 g/mol. The molecule has 0 saturated carbocycles. The van der Waals surface area contributed by atoms with Crippen LogP contribution in [0, 0.1) is 12.7 Å². The molecule has 1 heterocycles. The van der Waals surface area contributed by atoms with E-state index in [0.29, 0.717) is 18.1 Å². The van der Waals surface area contributed by atoms with Crippen molar-refractivity contribution in [1.29, 1.82) is 0 Å². The van der Waals surface area contributed by atoms with Crippen LogP contribution in [0.25, 0.3) is 5.69 Å². The fraction of sp³-hybridized carbons (Fsp3) is 0.467. The molecule has 1 amide bonds. The van der Waals surface area contributed by atoms with Gasteiger partial charge in [-0.1, -0.05) is 13.3 Å². The maximum atomic E-state index is 14.0. The van der Waals surface area contributed by atoms with E-state index in [0.717, 1.165) is 12.8 Å². The Kier molecular flexibility index (Phi) is 5.75. The summed E-state index contributed by atoms with van der Waals surface area (Å²) in [6.07, 6.45) is 1.32. The number of halogens is 1. The van der Waals surface area contributed by atoms with Gasteiger partial charge in [-0.05, 0) is 48.9 Å². The Hall–Kier alpha value is -2.35. The zero-order valence-corrected chi connectivity index (χ0v) is 13.4. The topological polar surface area (TPSA) is 81.9 Å². The van der Waals surface area contributed by atoms with Crippen molar-refractivity contribution in [2.45, 2.75) is 39.7 Å². The molecular formula is C15H20FN5O2. The van der Waals surface area contributed by atoms with Crippen LogP contribution in [0.4, 0.5) is 10.1 Å². The van der Waals surface area contributed by atoms with Gasteiger partial charge in [-0.2, -0.15) is 4.68 Å². The largest absolute Gasteiger partial charge is 0.369 e. The third kappa shape index (κ3) is 4.32. The highest BCUT2D eigenvalue weighted by Gasteiger charge is 2.15. The Morgan fingerprint density at radius 2 is 2.26 bits per heavy atom. The van der Waals surface area contributed by atoms with E-state index in [1.165, 1.54) is 22.9 Å². The van der Waals surface area contributed by atoms with Crippen molar-refractivity contribution in [2.24, 2.45) is 0 Å². The third-order valence-electron chi connectivity index (χ3n) is 3.30. The van der Waals surface area contributed by atoms with Gasteiger partial charge in [-0.15, -0.1) is 5.10 Å². The van der Waals surface area contributed by atoms with Crippen molar-refractivity contribution in [3.05, 3.63) is 29.8 Å².